The Kier molecular flexibility index (Phi) is 4.63. The molecule has 1 rings (SSSR count). The van der Waals surface area contributed by atoms with Crippen molar-refractivity contribution in [3.8, 4) is 0 Å². The molecule has 0 aromatic carbocycles. The molecule has 2 atom stereocenters. The van der Waals surface area contributed by atoms with E-state index in [2.05, 4.69) is 6.58 Å². The maximum atomic E-state index is 11.9. The van der Waals surface area contributed by atoms with Gasteiger partial charge in [0.05, 0.1) is 19.1 Å². The van der Waals surface area contributed by atoms with E-state index in [1.165, 1.54) is 0 Å². The Balaban J connectivity index is 3.01. The summed E-state index contributed by atoms with van der Waals surface area (Å²) in [6.07, 6.45) is -0.185. The molecule has 0 N–H and O–H groups in total. The van der Waals surface area contributed by atoms with Crippen LogP contribution < -0.4 is 0 Å². The van der Waals surface area contributed by atoms with Gasteiger partial charge in [-0.1, -0.05) is 6.58 Å². The number of carbonyl (C=O) groups is 2. The lowest BCUT2D eigenvalue weighted by molar-refractivity contribution is -0.543. The number of esters is 2. The van der Waals surface area contributed by atoms with E-state index in [0.717, 1.165) is 0 Å². The van der Waals surface area contributed by atoms with Crippen LogP contribution in [0.4, 0.5) is 0 Å². The van der Waals surface area contributed by atoms with E-state index in [1.807, 2.05) is 0 Å². The largest absolute Gasteiger partial charge is 0.466 e. The normalized spacial score (nSPS) is 26.0. The lowest BCUT2D eigenvalue weighted by atomic mass is 9.94. The van der Waals surface area contributed by atoms with Gasteiger partial charge in [0.25, 0.3) is 0 Å². The van der Waals surface area contributed by atoms with E-state index >= 15 is 0 Å². The predicted octanol–water partition coefficient (Wildman–Crippen LogP) is 1.09. The zero-order valence-electron chi connectivity index (χ0n) is 11.0. The predicted molar refractivity (Wildman–Crippen MR) is 64.9 cm³/mol. The van der Waals surface area contributed by atoms with E-state index in [0.29, 0.717) is 0 Å². The smallest absolute Gasteiger partial charge is 0.389 e. The van der Waals surface area contributed by atoms with Gasteiger partial charge in [-0.2, -0.15) is 0 Å². The first kappa shape index (κ1) is 15.1. The average molecular weight is 271 g/mol. The molecule has 0 saturated heterocycles. The van der Waals surface area contributed by atoms with Crippen molar-refractivity contribution in [3.05, 3.63) is 22.3 Å². The standard InChI is InChI=1S/C12H17NO6/c1-4-18-10(14)9-6-8(3)12(7-9,13(16)17)11(15)19-5-2/h9H,3-7H2,1-2H3. The molecule has 0 aromatic rings. The number of rotatable bonds is 5. The number of nitrogens with zero attached hydrogens (tertiary/aromatic N) is 1. The van der Waals surface area contributed by atoms with Crippen molar-refractivity contribution in [2.24, 2.45) is 5.92 Å². The molecule has 0 spiro atoms. The van der Waals surface area contributed by atoms with Crippen LogP contribution in [-0.2, 0) is 19.1 Å². The van der Waals surface area contributed by atoms with Crippen molar-refractivity contribution < 1.29 is 24.0 Å². The molecule has 1 fully saturated rings. The number of nitro groups is 1. The summed E-state index contributed by atoms with van der Waals surface area (Å²) in [5.41, 5.74) is -1.93. The van der Waals surface area contributed by atoms with Crippen LogP contribution in [0.15, 0.2) is 12.2 Å². The van der Waals surface area contributed by atoms with E-state index in [4.69, 9.17) is 9.47 Å². The van der Waals surface area contributed by atoms with Gasteiger partial charge in [0, 0.05) is 16.9 Å². The quantitative estimate of drug-likeness (QED) is 0.321. The molecular weight excluding hydrogens is 254 g/mol. The molecule has 7 nitrogen and oxygen atoms in total. The Morgan fingerprint density at radius 1 is 1.42 bits per heavy atom. The number of hydrogen-bond acceptors (Lipinski definition) is 6. The summed E-state index contributed by atoms with van der Waals surface area (Å²) >= 11 is 0. The lowest BCUT2D eigenvalue weighted by Gasteiger charge is -2.19. The summed E-state index contributed by atoms with van der Waals surface area (Å²) < 4.78 is 9.59. The van der Waals surface area contributed by atoms with Crippen LogP contribution in [-0.4, -0.2) is 35.6 Å². The van der Waals surface area contributed by atoms with Crippen molar-refractivity contribution in [1.29, 1.82) is 0 Å². The van der Waals surface area contributed by atoms with Gasteiger partial charge in [-0.05, 0) is 20.3 Å². The van der Waals surface area contributed by atoms with Gasteiger partial charge in [-0.25, -0.2) is 4.79 Å². The molecule has 0 bridgehead atoms. The van der Waals surface area contributed by atoms with Crippen LogP contribution in [0.5, 0.6) is 0 Å². The van der Waals surface area contributed by atoms with Crippen molar-refractivity contribution >= 4 is 11.9 Å². The van der Waals surface area contributed by atoms with Crippen LogP contribution in [0.3, 0.4) is 0 Å². The summed E-state index contributed by atoms with van der Waals surface area (Å²) in [5, 5.41) is 11.3. The Hall–Kier alpha value is -1.92. The molecule has 0 radical (unpaired) electrons. The third-order valence-electron chi connectivity index (χ3n) is 3.16. The fourth-order valence-corrected chi connectivity index (χ4v) is 2.22. The van der Waals surface area contributed by atoms with Crippen molar-refractivity contribution in [2.45, 2.75) is 32.2 Å². The van der Waals surface area contributed by atoms with E-state index in [9.17, 15) is 19.7 Å². The zero-order chi connectivity index (χ0) is 14.6. The number of carbonyl (C=O) groups excluding carboxylic acids is 2. The fraction of sp³-hybridized carbons (Fsp3) is 0.667. The average Bonchev–Trinajstić information content (AvgIpc) is 2.69. The van der Waals surface area contributed by atoms with Gasteiger partial charge in [0.1, 0.15) is 0 Å². The molecule has 1 aliphatic carbocycles. The van der Waals surface area contributed by atoms with Crippen LogP contribution in [0, 0.1) is 16.0 Å². The van der Waals surface area contributed by atoms with Gasteiger partial charge in [-0.3, -0.25) is 14.9 Å². The molecule has 0 amide bonds. The van der Waals surface area contributed by atoms with Crippen molar-refractivity contribution in [1.82, 2.24) is 0 Å². The van der Waals surface area contributed by atoms with Crippen LogP contribution in [0.2, 0.25) is 0 Å². The first-order valence-corrected chi connectivity index (χ1v) is 6.06. The monoisotopic (exact) mass is 271 g/mol. The number of ether oxygens (including phenoxy) is 2. The van der Waals surface area contributed by atoms with Crippen LogP contribution in [0.1, 0.15) is 26.7 Å². The Morgan fingerprint density at radius 3 is 2.47 bits per heavy atom. The minimum Gasteiger partial charge on any atom is -0.466 e. The maximum absolute atomic E-state index is 11.9. The first-order chi connectivity index (χ1) is 8.90. The van der Waals surface area contributed by atoms with Crippen molar-refractivity contribution in [2.75, 3.05) is 13.2 Å². The third-order valence-corrected chi connectivity index (χ3v) is 3.16. The Bertz CT molecular complexity index is 418. The summed E-state index contributed by atoms with van der Waals surface area (Å²) in [6.45, 7) is 7.00. The van der Waals surface area contributed by atoms with Crippen LogP contribution in [0.25, 0.3) is 0 Å². The fourth-order valence-electron chi connectivity index (χ4n) is 2.22. The molecule has 106 valence electrons. The molecule has 2 unspecified atom stereocenters. The first-order valence-electron chi connectivity index (χ1n) is 6.06. The van der Waals surface area contributed by atoms with Gasteiger partial charge in [0.2, 0.25) is 0 Å². The second-order valence-corrected chi connectivity index (χ2v) is 4.30. The second kappa shape index (κ2) is 5.81. The van der Waals surface area contributed by atoms with Crippen LogP contribution >= 0.6 is 0 Å². The maximum Gasteiger partial charge on any atom is 0.389 e. The third kappa shape index (κ3) is 2.59. The van der Waals surface area contributed by atoms with Gasteiger partial charge in [0.15, 0.2) is 0 Å². The number of hydrogen-bond donors (Lipinski definition) is 0. The van der Waals surface area contributed by atoms with Gasteiger partial charge >= 0.3 is 17.5 Å². The highest BCUT2D eigenvalue weighted by Gasteiger charge is 2.62. The molecule has 0 aliphatic heterocycles. The second-order valence-electron chi connectivity index (χ2n) is 4.30. The summed E-state index contributed by atoms with van der Waals surface area (Å²) in [7, 11) is 0. The SMILES string of the molecule is C=C1CC(C(=O)OCC)CC1(C(=O)OCC)[N+](=O)[O-]. The molecule has 1 saturated carbocycles. The van der Waals surface area contributed by atoms with Gasteiger partial charge in [-0.15, -0.1) is 0 Å². The summed E-state index contributed by atoms with van der Waals surface area (Å²) in [6, 6.07) is 0. The molecule has 1 aliphatic rings. The van der Waals surface area contributed by atoms with E-state index in [-0.39, 0.29) is 31.6 Å². The topological polar surface area (TPSA) is 95.7 Å². The van der Waals surface area contributed by atoms with E-state index < -0.39 is 28.3 Å². The highest BCUT2D eigenvalue weighted by molar-refractivity contribution is 5.86. The summed E-state index contributed by atoms with van der Waals surface area (Å²) in [4.78, 5) is 34.1. The Labute approximate surface area is 110 Å². The molecule has 19 heavy (non-hydrogen) atoms. The van der Waals surface area contributed by atoms with E-state index in [1.54, 1.807) is 13.8 Å². The zero-order valence-corrected chi connectivity index (χ0v) is 11.0. The Morgan fingerprint density at radius 2 is 2.00 bits per heavy atom. The molecule has 0 heterocycles. The summed E-state index contributed by atoms with van der Waals surface area (Å²) in [5.74, 6) is -2.23. The van der Waals surface area contributed by atoms with Gasteiger partial charge < -0.3 is 9.47 Å². The lowest BCUT2D eigenvalue weighted by Crippen LogP contribution is -2.47. The minimum atomic E-state index is -2.02. The molecule has 7 heteroatoms. The molecular formula is C12H17NO6. The molecule has 0 aromatic heterocycles. The highest BCUT2D eigenvalue weighted by atomic mass is 16.6. The minimum absolute atomic E-state index is 0.0335. The van der Waals surface area contributed by atoms with Crippen molar-refractivity contribution in [3.63, 3.8) is 0 Å². The highest BCUT2D eigenvalue weighted by Crippen LogP contribution is 2.42.